The van der Waals surface area contributed by atoms with Crippen LogP contribution in [0.5, 0.6) is 0 Å². The average molecular weight is 766 g/mol. The molecule has 0 saturated heterocycles. The number of fused-ring (bicyclic) bond motifs is 6. The van der Waals surface area contributed by atoms with Crippen molar-refractivity contribution in [3.05, 3.63) is 230 Å². The second-order valence-corrected chi connectivity index (χ2v) is 16.1. The molecule has 11 rings (SSSR count). The molecule has 60 heavy (non-hydrogen) atoms. The fourth-order valence-corrected chi connectivity index (χ4v) is 9.73. The predicted octanol–water partition coefficient (Wildman–Crippen LogP) is 16.7. The lowest BCUT2D eigenvalue weighted by Gasteiger charge is -2.34. The predicted molar refractivity (Wildman–Crippen MR) is 258 cm³/mol. The van der Waals surface area contributed by atoms with Crippen LogP contribution in [0.3, 0.4) is 0 Å². The van der Waals surface area contributed by atoms with Crippen LogP contribution in [-0.4, -0.2) is 0 Å². The van der Waals surface area contributed by atoms with Crippen molar-refractivity contribution in [3.63, 3.8) is 0 Å². The normalized spacial score (nSPS) is 12.1. The van der Waals surface area contributed by atoms with E-state index in [9.17, 15) is 0 Å². The van der Waals surface area contributed by atoms with Gasteiger partial charge in [0.25, 0.3) is 0 Å². The molecule has 0 N–H and O–H groups in total. The minimum absolute atomic E-state index is 0.0561. The van der Waals surface area contributed by atoms with Gasteiger partial charge in [0.2, 0.25) is 0 Å². The number of hydrogen-bond acceptors (Lipinski definition) is 1. The van der Waals surface area contributed by atoms with Gasteiger partial charge in [-0.25, -0.2) is 0 Å². The lowest BCUT2D eigenvalue weighted by atomic mass is 9.83. The zero-order valence-corrected chi connectivity index (χ0v) is 33.8. The van der Waals surface area contributed by atoms with E-state index in [-0.39, 0.29) is 6.04 Å². The summed E-state index contributed by atoms with van der Waals surface area (Å²) in [4.78, 5) is 2.54. The Morgan fingerprint density at radius 1 is 0.333 bits per heavy atom. The second kappa shape index (κ2) is 14.7. The van der Waals surface area contributed by atoms with Gasteiger partial charge in [-0.15, -0.1) is 0 Å². The van der Waals surface area contributed by atoms with E-state index in [0.29, 0.717) is 0 Å². The van der Waals surface area contributed by atoms with Crippen molar-refractivity contribution >= 4 is 65.2 Å². The largest absolute Gasteiger partial charge is 0.333 e. The van der Waals surface area contributed by atoms with Crippen molar-refractivity contribution in [2.24, 2.45) is 0 Å². The number of nitrogens with zero attached hydrogens (tertiary/aromatic N) is 1. The van der Waals surface area contributed by atoms with Crippen molar-refractivity contribution in [1.29, 1.82) is 0 Å². The Morgan fingerprint density at radius 3 is 1.67 bits per heavy atom. The lowest BCUT2D eigenvalue weighted by Crippen LogP contribution is -2.22. The Bertz CT molecular complexity index is 3390. The summed E-state index contributed by atoms with van der Waals surface area (Å²) in [6, 6.07) is 80.6. The van der Waals surface area contributed by atoms with Crippen molar-refractivity contribution < 1.29 is 0 Å². The number of hydrogen-bond donors (Lipinski definition) is 0. The Morgan fingerprint density at radius 2 is 0.900 bits per heavy atom. The second-order valence-electron chi connectivity index (χ2n) is 16.1. The van der Waals surface area contributed by atoms with Gasteiger partial charge in [0, 0.05) is 11.1 Å². The van der Waals surface area contributed by atoms with Crippen LogP contribution in [-0.2, 0) is 0 Å². The summed E-state index contributed by atoms with van der Waals surface area (Å²) in [5.41, 5.74) is 12.4. The van der Waals surface area contributed by atoms with Crippen LogP contribution in [0.4, 0.5) is 11.4 Å². The zero-order chi connectivity index (χ0) is 40.2. The third kappa shape index (κ3) is 5.93. The quantitative estimate of drug-likeness (QED) is 0.115. The van der Waals surface area contributed by atoms with Crippen molar-refractivity contribution in [3.8, 4) is 33.4 Å². The van der Waals surface area contributed by atoms with E-state index in [1.165, 1.54) is 110 Å². The summed E-state index contributed by atoms with van der Waals surface area (Å²) in [5, 5.41) is 12.6. The summed E-state index contributed by atoms with van der Waals surface area (Å²) in [6.07, 6.45) is 0. The fourth-order valence-electron chi connectivity index (χ4n) is 9.73. The van der Waals surface area contributed by atoms with E-state index in [1.807, 2.05) is 0 Å². The van der Waals surface area contributed by atoms with Crippen LogP contribution in [0, 0.1) is 6.92 Å². The SMILES string of the molecule is Cc1ccccc1N(c1cc2ccccc2c2ccccc12)C(C)c1ccc(-c2ccc3c(-c4cccc5ccccc45)c4ccccc4c(-c4ccccc4)c3c2)cc1. The summed E-state index contributed by atoms with van der Waals surface area (Å²) < 4.78 is 0. The highest BCUT2D eigenvalue weighted by Gasteiger charge is 2.24. The molecule has 0 aliphatic rings. The molecule has 1 atom stereocenters. The molecule has 0 aliphatic heterocycles. The van der Waals surface area contributed by atoms with Crippen molar-refractivity contribution in [2.45, 2.75) is 19.9 Å². The van der Waals surface area contributed by atoms with Crippen LogP contribution in [0.1, 0.15) is 24.1 Å². The molecule has 11 aromatic carbocycles. The van der Waals surface area contributed by atoms with Crippen molar-refractivity contribution in [2.75, 3.05) is 4.90 Å². The lowest BCUT2D eigenvalue weighted by molar-refractivity contribution is 0.774. The van der Waals surface area contributed by atoms with Crippen LogP contribution < -0.4 is 4.90 Å². The van der Waals surface area contributed by atoms with Gasteiger partial charge in [-0.3, -0.25) is 0 Å². The first-order chi connectivity index (χ1) is 29.6. The Labute approximate surface area is 351 Å². The first-order valence-corrected chi connectivity index (χ1v) is 21.0. The van der Waals surface area contributed by atoms with Gasteiger partial charge in [-0.2, -0.15) is 0 Å². The molecule has 0 bridgehead atoms. The molecular weight excluding hydrogens is 723 g/mol. The van der Waals surface area contributed by atoms with Gasteiger partial charge in [0.1, 0.15) is 0 Å². The average Bonchev–Trinajstić information content (AvgIpc) is 3.31. The Kier molecular flexibility index (Phi) is 8.75. The van der Waals surface area contributed by atoms with Gasteiger partial charge in [-0.1, -0.05) is 200 Å². The molecule has 0 heterocycles. The van der Waals surface area contributed by atoms with Gasteiger partial charge in [-0.05, 0) is 125 Å². The van der Waals surface area contributed by atoms with Gasteiger partial charge in [0.15, 0.2) is 0 Å². The molecule has 1 unspecified atom stereocenters. The van der Waals surface area contributed by atoms with E-state index in [4.69, 9.17) is 0 Å². The molecule has 0 saturated carbocycles. The number of aryl methyl sites for hydroxylation is 1. The summed E-state index contributed by atoms with van der Waals surface area (Å²) in [7, 11) is 0. The Hall–Kier alpha value is -7.48. The molecule has 1 heteroatoms. The standard InChI is InChI=1S/C59H43N/c1-39-17-6-15-30-56(39)60(57-38-46-21-8-10-24-48(46)49-25-11-12-26-50(49)57)40(2)41-31-33-42(34-32-41)45-35-36-54-55(37-45)58(44-19-4-3-5-20-44)52-27-13-14-28-53(52)59(54)51-29-16-22-43-18-7-9-23-47(43)51/h3-38,40H,1-2H3. The van der Waals surface area contributed by atoms with Crippen LogP contribution in [0.15, 0.2) is 218 Å². The third-order valence-corrected chi connectivity index (χ3v) is 12.6. The van der Waals surface area contributed by atoms with Crippen LogP contribution in [0.25, 0.3) is 87.2 Å². The van der Waals surface area contributed by atoms with E-state index in [0.717, 1.165) is 0 Å². The Balaban J connectivity index is 1.07. The molecule has 11 aromatic rings. The van der Waals surface area contributed by atoms with Crippen LogP contribution >= 0.6 is 0 Å². The minimum Gasteiger partial charge on any atom is -0.333 e. The highest BCUT2D eigenvalue weighted by molar-refractivity contribution is 6.24. The number of anilines is 2. The molecule has 0 amide bonds. The van der Waals surface area contributed by atoms with Crippen LogP contribution in [0.2, 0.25) is 0 Å². The number of para-hydroxylation sites is 1. The van der Waals surface area contributed by atoms with Gasteiger partial charge in [0.05, 0.1) is 11.7 Å². The third-order valence-electron chi connectivity index (χ3n) is 12.6. The molecule has 0 fully saturated rings. The molecule has 284 valence electrons. The first kappa shape index (κ1) is 35.7. The zero-order valence-electron chi connectivity index (χ0n) is 33.8. The maximum atomic E-state index is 2.54. The van der Waals surface area contributed by atoms with E-state index in [2.05, 4.69) is 237 Å². The molecular formula is C59H43N. The fraction of sp³-hybridized carbons (Fsp3) is 0.0508. The van der Waals surface area contributed by atoms with E-state index >= 15 is 0 Å². The highest BCUT2D eigenvalue weighted by atomic mass is 15.2. The minimum atomic E-state index is 0.0561. The number of benzene rings is 11. The molecule has 0 aromatic heterocycles. The molecule has 1 nitrogen and oxygen atoms in total. The maximum Gasteiger partial charge on any atom is 0.0563 e. The summed E-state index contributed by atoms with van der Waals surface area (Å²) >= 11 is 0. The number of rotatable bonds is 7. The first-order valence-electron chi connectivity index (χ1n) is 21.0. The van der Waals surface area contributed by atoms with E-state index < -0.39 is 0 Å². The monoisotopic (exact) mass is 765 g/mol. The molecule has 0 radical (unpaired) electrons. The van der Waals surface area contributed by atoms with Gasteiger partial charge < -0.3 is 4.90 Å². The summed E-state index contributed by atoms with van der Waals surface area (Å²) in [6.45, 7) is 4.56. The molecule has 0 aliphatic carbocycles. The van der Waals surface area contributed by atoms with E-state index in [1.54, 1.807) is 0 Å². The molecule has 0 spiro atoms. The maximum absolute atomic E-state index is 2.54. The smallest absolute Gasteiger partial charge is 0.0563 e. The topological polar surface area (TPSA) is 3.24 Å². The van der Waals surface area contributed by atoms with Crippen molar-refractivity contribution in [1.82, 2.24) is 0 Å². The highest BCUT2D eigenvalue weighted by Crippen LogP contribution is 2.47. The summed E-state index contributed by atoms with van der Waals surface area (Å²) in [5.74, 6) is 0. The van der Waals surface area contributed by atoms with Gasteiger partial charge >= 0.3 is 0 Å².